The summed E-state index contributed by atoms with van der Waals surface area (Å²) in [4.78, 5) is 22.6. The van der Waals surface area contributed by atoms with Gasteiger partial charge in [-0.1, -0.05) is 24.3 Å². The number of thiophene rings is 1. The number of nitrogens with one attached hydrogen (secondary N) is 1. The molecule has 1 aromatic carbocycles. The second-order valence-electron chi connectivity index (χ2n) is 6.16. The molecule has 3 heterocycles. The van der Waals surface area contributed by atoms with Crippen molar-refractivity contribution in [2.75, 3.05) is 31.5 Å². The van der Waals surface area contributed by atoms with Crippen LogP contribution in [0.5, 0.6) is 0 Å². The minimum Gasteiger partial charge on any atom is -0.322 e. The summed E-state index contributed by atoms with van der Waals surface area (Å²) in [7, 11) is 0. The van der Waals surface area contributed by atoms with E-state index in [0.29, 0.717) is 0 Å². The van der Waals surface area contributed by atoms with Crippen molar-refractivity contribution in [3.63, 3.8) is 0 Å². The van der Waals surface area contributed by atoms with Gasteiger partial charge in [-0.3, -0.25) is 4.90 Å². The van der Waals surface area contributed by atoms with Crippen LogP contribution in [0.2, 0.25) is 0 Å². The molecule has 0 aliphatic carbocycles. The SMILES string of the molecule is O=C(Nc1ccccc1)N1CCN(Cc2nc(-c3cccs3)cs2)CC1. The van der Waals surface area contributed by atoms with E-state index < -0.39 is 0 Å². The van der Waals surface area contributed by atoms with Crippen molar-refractivity contribution in [1.29, 1.82) is 0 Å². The van der Waals surface area contributed by atoms with Crippen LogP contribution in [-0.4, -0.2) is 47.0 Å². The van der Waals surface area contributed by atoms with Gasteiger partial charge in [0.1, 0.15) is 5.01 Å². The number of nitrogens with zero attached hydrogens (tertiary/aromatic N) is 3. The molecule has 0 spiro atoms. The summed E-state index contributed by atoms with van der Waals surface area (Å²) in [6.07, 6.45) is 0. The average molecular weight is 385 g/mol. The molecule has 3 aromatic rings. The van der Waals surface area contributed by atoms with E-state index in [9.17, 15) is 4.79 Å². The lowest BCUT2D eigenvalue weighted by Gasteiger charge is -2.34. The van der Waals surface area contributed by atoms with Gasteiger partial charge in [-0.15, -0.1) is 22.7 Å². The van der Waals surface area contributed by atoms with E-state index in [1.807, 2.05) is 35.2 Å². The van der Waals surface area contributed by atoms with Gasteiger partial charge in [-0.05, 0) is 23.6 Å². The number of rotatable bonds is 4. The first-order valence-corrected chi connectivity index (χ1v) is 10.4. The van der Waals surface area contributed by atoms with E-state index in [4.69, 9.17) is 4.98 Å². The summed E-state index contributed by atoms with van der Waals surface area (Å²) >= 11 is 3.43. The molecular weight excluding hydrogens is 364 g/mol. The van der Waals surface area contributed by atoms with E-state index in [2.05, 4.69) is 33.1 Å². The van der Waals surface area contributed by atoms with Gasteiger partial charge in [-0.2, -0.15) is 0 Å². The lowest BCUT2D eigenvalue weighted by atomic mass is 10.3. The van der Waals surface area contributed by atoms with Crippen molar-refractivity contribution in [3.8, 4) is 10.6 Å². The van der Waals surface area contributed by atoms with Crippen LogP contribution < -0.4 is 5.32 Å². The molecule has 2 amide bonds. The summed E-state index contributed by atoms with van der Waals surface area (Å²) in [6, 6.07) is 13.7. The van der Waals surface area contributed by atoms with Crippen LogP contribution in [0.25, 0.3) is 10.6 Å². The highest BCUT2D eigenvalue weighted by atomic mass is 32.1. The maximum absolute atomic E-state index is 12.4. The fraction of sp³-hybridized carbons (Fsp3) is 0.263. The van der Waals surface area contributed by atoms with Crippen molar-refractivity contribution in [2.24, 2.45) is 0 Å². The van der Waals surface area contributed by atoms with Gasteiger partial charge in [-0.25, -0.2) is 9.78 Å². The minimum atomic E-state index is -0.0231. The number of piperazine rings is 1. The van der Waals surface area contributed by atoms with Crippen LogP contribution in [-0.2, 0) is 6.54 Å². The molecule has 0 bridgehead atoms. The Balaban J connectivity index is 1.28. The number of aromatic nitrogens is 1. The number of carbonyl (C=O) groups is 1. The van der Waals surface area contributed by atoms with Gasteiger partial charge in [0.25, 0.3) is 0 Å². The normalized spacial score (nSPS) is 15.2. The van der Waals surface area contributed by atoms with Gasteiger partial charge in [0.05, 0.1) is 17.1 Å². The van der Waals surface area contributed by atoms with Crippen molar-refractivity contribution in [1.82, 2.24) is 14.8 Å². The van der Waals surface area contributed by atoms with Crippen LogP contribution in [0.3, 0.4) is 0 Å². The molecule has 134 valence electrons. The number of anilines is 1. The first-order valence-electron chi connectivity index (χ1n) is 8.59. The zero-order chi connectivity index (χ0) is 17.8. The van der Waals surface area contributed by atoms with E-state index in [-0.39, 0.29) is 6.03 Å². The summed E-state index contributed by atoms with van der Waals surface area (Å²) in [5.41, 5.74) is 1.91. The van der Waals surface area contributed by atoms with Gasteiger partial charge >= 0.3 is 6.03 Å². The second-order valence-corrected chi connectivity index (χ2v) is 8.05. The fourth-order valence-corrected chi connectivity index (χ4v) is 4.54. The van der Waals surface area contributed by atoms with Crippen molar-refractivity contribution in [3.05, 3.63) is 58.2 Å². The summed E-state index contributed by atoms with van der Waals surface area (Å²) in [5.74, 6) is 0. The topological polar surface area (TPSA) is 48.5 Å². The van der Waals surface area contributed by atoms with Gasteiger partial charge in [0.15, 0.2) is 0 Å². The molecule has 7 heteroatoms. The quantitative estimate of drug-likeness (QED) is 0.733. The van der Waals surface area contributed by atoms with Gasteiger partial charge in [0, 0.05) is 37.2 Å². The van der Waals surface area contributed by atoms with Crippen LogP contribution in [0, 0.1) is 0 Å². The number of hydrogen-bond acceptors (Lipinski definition) is 5. The highest BCUT2D eigenvalue weighted by Gasteiger charge is 2.22. The third-order valence-corrected chi connectivity index (χ3v) is 6.09. The Bertz CT molecular complexity index is 840. The minimum absolute atomic E-state index is 0.0231. The first kappa shape index (κ1) is 17.2. The number of para-hydroxylation sites is 1. The predicted molar refractivity (Wildman–Crippen MR) is 108 cm³/mol. The van der Waals surface area contributed by atoms with E-state index in [1.165, 1.54) is 4.88 Å². The Morgan fingerprint density at radius 1 is 1.04 bits per heavy atom. The molecule has 1 aliphatic rings. The lowest BCUT2D eigenvalue weighted by Crippen LogP contribution is -2.49. The highest BCUT2D eigenvalue weighted by Crippen LogP contribution is 2.26. The zero-order valence-electron chi connectivity index (χ0n) is 14.3. The number of urea groups is 1. The van der Waals surface area contributed by atoms with Crippen LogP contribution >= 0.6 is 22.7 Å². The molecular formula is C19H20N4OS2. The monoisotopic (exact) mass is 384 g/mol. The van der Waals surface area contributed by atoms with E-state index >= 15 is 0 Å². The maximum Gasteiger partial charge on any atom is 0.321 e. The van der Waals surface area contributed by atoms with Crippen molar-refractivity contribution in [2.45, 2.75) is 6.54 Å². The Morgan fingerprint density at radius 2 is 1.85 bits per heavy atom. The van der Waals surface area contributed by atoms with Gasteiger partial charge < -0.3 is 10.2 Å². The van der Waals surface area contributed by atoms with E-state index in [0.717, 1.165) is 49.1 Å². The molecule has 0 unspecified atom stereocenters. The standard InChI is InChI=1S/C19H20N4OS2/c24-19(20-15-5-2-1-3-6-15)23-10-8-22(9-11-23)13-18-21-16(14-26-18)17-7-4-12-25-17/h1-7,12,14H,8-11,13H2,(H,20,24). The molecule has 2 aromatic heterocycles. The molecule has 1 aliphatic heterocycles. The largest absolute Gasteiger partial charge is 0.322 e. The number of amides is 2. The summed E-state index contributed by atoms with van der Waals surface area (Å²) < 4.78 is 0. The van der Waals surface area contributed by atoms with Crippen molar-refractivity contribution < 1.29 is 4.79 Å². The fourth-order valence-electron chi connectivity index (χ4n) is 2.95. The Hall–Kier alpha value is -2.22. The molecule has 4 rings (SSSR count). The van der Waals surface area contributed by atoms with Crippen LogP contribution in [0.15, 0.2) is 53.2 Å². The van der Waals surface area contributed by atoms with Crippen LogP contribution in [0.4, 0.5) is 10.5 Å². The average Bonchev–Trinajstić information content (AvgIpc) is 3.35. The number of thiazole rings is 1. The molecule has 0 radical (unpaired) electrons. The molecule has 1 fully saturated rings. The lowest BCUT2D eigenvalue weighted by molar-refractivity contribution is 0.143. The molecule has 1 N–H and O–H groups in total. The molecule has 5 nitrogen and oxygen atoms in total. The Kier molecular flexibility index (Phi) is 5.29. The Morgan fingerprint density at radius 3 is 2.58 bits per heavy atom. The van der Waals surface area contributed by atoms with Crippen LogP contribution in [0.1, 0.15) is 5.01 Å². The summed E-state index contributed by atoms with van der Waals surface area (Å²) in [6.45, 7) is 4.07. The first-order chi connectivity index (χ1) is 12.8. The highest BCUT2D eigenvalue weighted by molar-refractivity contribution is 7.14. The third kappa shape index (κ3) is 4.12. The predicted octanol–water partition coefficient (Wildman–Crippen LogP) is 4.22. The summed E-state index contributed by atoms with van der Waals surface area (Å²) in [5, 5.41) is 8.30. The molecule has 0 atom stereocenters. The molecule has 1 saturated heterocycles. The van der Waals surface area contributed by atoms with Crippen molar-refractivity contribution >= 4 is 34.4 Å². The molecule has 0 saturated carbocycles. The van der Waals surface area contributed by atoms with E-state index in [1.54, 1.807) is 22.7 Å². The number of benzene rings is 1. The molecule has 26 heavy (non-hydrogen) atoms. The number of carbonyl (C=O) groups excluding carboxylic acids is 1. The third-order valence-electron chi connectivity index (χ3n) is 4.37. The second kappa shape index (κ2) is 7.99. The Labute approximate surface area is 160 Å². The smallest absolute Gasteiger partial charge is 0.321 e. The zero-order valence-corrected chi connectivity index (χ0v) is 15.9. The maximum atomic E-state index is 12.4. The van der Waals surface area contributed by atoms with Gasteiger partial charge in [0.2, 0.25) is 0 Å². The number of hydrogen-bond donors (Lipinski definition) is 1.